The van der Waals surface area contributed by atoms with Crippen LogP contribution < -0.4 is 10.1 Å². The fraction of sp³-hybridized carbons (Fsp3) is 0.318. The van der Waals surface area contributed by atoms with Gasteiger partial charge < -0.3 is 10.1 Å². The van der Waals surface area contributed by atoms with E-state index in [4.69, 9.17) is 17.0 Å². The van der Waals surface area contributed by atoms with Gasteiger partial charge in [0.25, 0.3) is 5.91 Å². The van der Waals surface area contributed by atoms with Crippen molar-refractivity contribution >= 4 is 63.2 Å². The van der Waals surface area contributed by atoms with Gasteiger partial charge in [0.1, 0.15) is 10.1 Å². The van der Waals surface area contributed by atoms with E-state index in [1.54, 1.807) is 16.2 Å². The first kappa shape index (κ1) is 22.5. The second kappa shape index (κ2) is 11.3. The molecule has 0 aliphatic carbocycles. The van der Waals surface area contributed by atoms with Crippen LogP contribution >= 0.6 is 35.3 Å². The molecule has 0 bridgehead atoms. The molecule has 1 aromatic heterocycles. The Morgan fingerprint density at radius 3 is 2.70 bits per heavy atom. The van der Waals surface area contributed by atoms with Crippen LogP contribution in [0.2, 0.25) is 0 Å². The average molecular weight is 461 g/mol. The molecule has 3 rings (SSSR count). The number of nitrogens with zero attached hydrogens (tertiary/aromatic N) is 1. The molecule has 0 unspecified atom stereocenters. The SMILES string of the molecule is CCOc1ccc(NC(=O)CCCCCN2C(=O)/C(=C\c3cccs3)SC2=S)cc1. The normalized spacial score (nSPS) is 15.1. The van der Waals surface area contributed by atoms with Gasteiger partial charge >= 0.3 is 0 Å². The van der Waals surface area contributed by atoms with Gasteiger partial charge in [-0.2, -0.15) is 0 Å². The summed E-state index contributed by atoms with van der Waals surface area (Å²) < 4.78 is 6.00. The molecule has 2 aromatic rings. The summed E-state index contributed by atoms with van der Waals surface area (Å²) in [5.74, 6) is 0.756. The Labute approximate surface area is 190 Å². The number of ether oxygens (including phenoxy) is 1. The molecule has 30 heavy (non-hydrogen) atoms. The van der Waals surface area contributed by atoms with Gasteiger partial charge in [-0.3, -0.25) is 14.5 Å². The molecule has 5 nitrogen and oxygen atoms in total. The third-order valence-electron chi connectivity index (χ3n) is 4.42. The van der Waals surface area contributed by atoms with Gasteiger partial charge in [0.2, 0.25) is 5.91 Å². The zero-order valence-corrected chi connectivity index (χ0v) is 19.2. The van der Waals surface area contributed by atoms with Gasteiger partial charge in [0, 0.05) is 23.5 Å². The Morgan fingerprint density at radius 2 is 2.00 bits per heavy atom. The summed E-state index contributed by atoms with van der Waals surface area (Å²) in [6.07, 6.45) is 4.79. The minimum absolute atomic E-state index is 0.0105. The third-order valence-corrected chi connectivity index (χ3v) is 6.62. The number of carbonyl (C=O) groups excluding carboxylic acids is 2. The third kappa shape index (κ3) is 6.42. The highest BCUT2D eigenvalue weighted by Crippen LogP contribution is 2.33. The molecule has 0 saturated carbocycles. The number of hydrogen-bond donors (Lipinski definition) is 1. The zero-order valence-electron chi connectivity index (χ0n) is 16.8. The molecule has 1 N–H and O–H groups in total. The molecular formula is C22H24N2O3S3. The number of thiophene rings is 1. The van der Waals surface area contributed by atoms with Crippen LogP contribution in [0.4, 0.5) is 5.69 Å². The second-order valence-electron chi connectivity index (χ2n) is 6.66. The molecule has 1 aromatic carbocycles. The average Bonchev–Trinajstić information content (AvgIpc) is 3.33. The summed E-state index contributed by atoms with van der Waals surface area (Å²) in [5.41, 5.74) is 0.763. The van der Waals surface area contributed by atoms with Crippen molar-refractivity contribution in [2.75, 3.05) is 18.5 Å². The predicted molar refractivity (Wildman–Crippen MR) is 129 cm³/mol. The van der Waals surface area contributed by atoms with E-state index in [2.05, 4.69) is 5.32 Å². The fourth-order valence-corrected chi connectivity index (χ4v) is 4.98. The predicted octanol–water partition coefficient (Wildman–Crippen LogP) is 5.55. The summed E-state index contributed by atoms with van der Waals surface area (Å²) in [6, 6.07) is 11.3. The molecule has 1 aliphatic rings. The standard InChI is InChI=1S/C22H24N2O3S3/c1-2-27-17-11-9-16(10-12-17)23-20(25)8-4-3-5-13-24-21(26)19(30-22(24)28)15-18-7-6-14-29-18/h6-7,9-12,14-15H,2-5,8,13H2,1H3,(H,23,25)/b19-15+. The lowest BCUT2D eigenvalue weighted by Gasteiger charge is -2.14. The highest BCUT2D eigenvalue weighted by molar-refractivity contribution is 8.26. The van der Waals surface area contributed by atoms with Crippen molar-refractivity contribution in [1.82, 2.24) is 4.90 Å². The van der Waals surface area contributed by atoms with E-state index in [1.807, 2.05) is 54.8 Å². The molecule has 8 heteroatoms. The lowest BCUT2D eigenvalue weighted by Crippen LogP contribution is -2.29. The molecular weight excluding hydrogens is 436 g/mol. The Balaban J connectivity index is 1.36. The number of hydrogen-bond acceptors (Lipinski definition) is 6. The first-order valence-corrected chi connectivity index (χ1v) is 12.0. The topological polar surface area (TPSA) is 58.6 Å². The van der Waals surface area contributed by atoms with Crippen LogP contribution in [0, 0.1) is 0 Å². The van der Waals surface area contributed by atoms with Crippen molar-refractivity contribution in [1.29, 1.82) is 0 Å². The summed E-state index contributed by atoms with van der Waals surface area (Å²) in [7, 11) is 0. The van der Waals surface area contributed by atoms with E-state index in [0.29, 0.717) is 28.8 Å². The Kier molecular flexibility index (Phi) is 8.48. The molecule has 1 saturated heterocycles. The number of thioether (sulfide) groups is 1. The van der Waals surface area contributed by atoms with Gasteiger partial charge in [-0.1, -0.05) is 36.5 Å². The number of benzene rings is 1. The van der Waals surface area contributed by atoms with Crippen LogP contribution in [-0.2, 0) is 9.59 Å². The lowest BCUT2D eigenvalue weighted by molar-refractivity contribution is -0.122. The monoisotopic (exact) mass is 460 g/mol. The summed E-state index contributed by atoms with van der Waals surface area (Å²) in [4.78, 5) is 28.1. The van der Waals surface area contributed by atoms with Crippen molar-refractivity contribution in [2.45, 2.75) is 32.6 Å². The van der Waals surface area contributed by atoms with Crippen molar-refractivity contribution in [3.63, 3.8) is 0 Å². The van der Waals surface area contributed by atoms with Gasteiger partial charge in [-0.05, 0) is 61.6 Å². The first-order valence-electron chi connectivity index (χ1n) is 9.88. The van der Waals surface area contributed by atoms with Crippen LogP contribution in [0.25, 0.3) is 6.08 Å². The fourth-order valence-electron chi connectivity index (χ4n) is 2.95. The highest BCUT2D eigenvalue weighted by Gasteiger charge is 2.31. The van der Waals surface area contributed by atoms with Gasteiger partial charge in [0.05, 0.1) is 11.5 Å². The molecule has 1 fully saturated rings. The van der Waals surface area contributed by atoms with Gasteiger partial charge in [-0.15, -0.1) is 11.3 Å². The molecule has 1 aliphatic heterocycles. The zero-order chi connectivity index (χ0) is 21.3. The molecule has 0 atom stereocenters. The smallest absolute Gasteiger partial charge is 0.266 e. The number of anilines is 1. The van der Waals surface area contributed by atoms with Crippen LogP contribution in [0.5, 0.6) is 5.75 Å². The Morgan fingerprint density at radius 1 is 1.20 bits per heavy atom. The minimum atomic E-state index is -0.0216. The number of carbonyl (C=O) groups is 2. The molecule has 0 radical (unpaired) electrons. The first-order chi connectivity index (χ1) is 14.6. The van der Waals surface area contributed by atoms with Crippen LogP contribution in [0.3, 0.4) is 0 Å². The molecule has 2 amide bonds. The summed E-state index contributed by atoms with van der Waals surface area (Å²) in [5, 5.41) is 4.88. The number of amides is 2. The van der Waals surface area contributed by atoms with E-state index < -0.39 is 0 Å². The maximum atomic E-state index is 12.6. The second-order valence-corrected chi connectivity index (χ2v) is 9.32. The van der Waals surface area contributed by atoms with Crippen LogP contribution in [0.15, 0.2) is 46.7 Å². The maximum Gasteiger partial charge on any atom is 0.266 e. The van der Waals surface area contributed by atoms with E-state index >= 15 is 0 Å². The molecule has 0 spiro atoms. The van der Waals surface area contributed by atoms with Gasteiger partial charge in [0.15, 0.2) is 0 Å². The van der Waals surface area contributed by atoms with Crippen LogP contribution in [0.1, 0.15) is 37.5 Å². The number of rotatable bonds is 10. The molecule has 158 valence electrons. The van der Waals surface area contributed by atoms with Crippen molar-refractivity contribution in [2.24, 2.45) is 0 Å². The lowest BCUT2D eigenvalue weighted by atomic mass is 10.1. The van der Waals surface area contributed by atoms with E-state index in [9.17, 15) is 9.59 Å². The maximum absolute atomic E-state index is 12.6. The van der Waals surface area contributed by atoms with Crippen molar-refractivity contribution in [3.05, 3.63) is 51.6 Å². The van der Waals surface area contributed by atoms with Crippen molar-refractivity contribution < 1.29 is 14.3 Å². The van der Waals surface area contributed by atoms with Crippen LogP contribution in [-0.4, -0.2) is 34.2 Å². The van der Waals surface area contributed by atoms with Crippen molar-refractivity contribution in [3.8, 4) is 5.75 Å². The summed E-state index contributed by atoms with van der Waals surface area (Å²) >= 11 is 8.32. The quantitative estimate of drug-likeness (QED) is 0.286. The van der Waals surface area contributed by atoms with E-state index in [0.717, 1.165) is 35.6 Å². The largest absolute Gasteiger partial charge is 0.494 e. The summed E-state index contributed by atoms with van der Waals surface area (Å²) in [6.45, 7) is 3.14. The highest BCUT2D eigenvalue weighted by atomic mass is 32.2. The number of nitrogens with one attached hydrogen (secondary N) is 1. The Bertz CT molecular complexity index is 908. The van der Waals surface area contributed by atoms with E-state index in [-0.39, 0.29) is 11.8 Å². The molecule has 2 heterocycles. The minimum Gasteiger partial charge on any atom is -0.494 e. The number of unbranched alkanes of at least 4 members (excludes halogenated alkanes) is 2. The van der Waals surface area contributed by atoms with E-state index in [1.165, 1.54) is 11.8 Å². The number of thiocarbonyl (C=S) groups is 1. The van der Waals surface area contributed by atoms with Gasteiger partial charge in [-0.25, -0.2) is 0 Å². The Hall–Kier alpha value is -2.16.